The van der Waals surface area contributed by atoms with Gasteiger partial charge in [0.05, 0.1) is 5.52 Å². The Hall–Kier alpha value is -2.07. The highest BCUT2D eigenvalue weighted by molar-refractivity contribution is 14.1. The van der Waals surface area contributed by atoms with Gasteiger partial charge in [-0.05, 0) is 51.9 Å². The van der Waals surface area contributed by atoms with Crippen LogP contribution in [-0.4, -0.2) is 4.57 Å². The molecule has 3 aromatic carbocycles. The van der Waals surface area contributed by atoms with Crippen molar-refractivity contribution in [2.45, 2.75) is 6.54 Å². The molecule has 0 N–H and O–H groups in total. The van der Waals surface area contributed by atoms with Crippen molar-refractivity contribution in [3.63, 3.8) is 0 Å². The predicted molar refractivity (Wildman–Crippen MR) is 108 cm³/mol. The minimum atomic E-state index is 0.853. The number of hydrogen-bond acceptors (Lipinski definition) is 0. The first-order valence-electron chi connectivity index (χ1n) is 7.65. The molecule has 0 saturated heterocycles. The summed E-state index contributed by atoms with van der Waals surface area (Å²) in [6, 6.07) is 23.8. The Labute approximate surface area is 149 Å². The lowest BCUT2D eigenvalue weighted by molar-refractivity contribution is 0.867. The van der Waals surface area contributed by atoms with E-state index < -0.39 is 0 Å². The number of nitrogens with zero attached hydrogens (tertiary/aromatic N) is 1. The van der Waals surface area contributed by atoms with E-state index in [0.717, 1.165) is 6.54 Å². The van der Waals surface area contributed by atoms with E-state index in [0.29, 0.717) is 0 Å². The zero-order valence-electron chi connectivity index (χ0n) is 12.7. The van der Waals surface area contributed by atoms with E-state index in [9.17, 15) is 0 Å². The molecule has 0 radical (unpaired) electrons. The molecule has 0 fully saturated rings. The number of halogens is 1. The first kappa shape index (κ1) is 14.5. The van der Waals surface area contributed by atoms with Gasteiger partial charge in [-0.2, -0.15) is 0 Å². The van der Waals surface area contributed by atoms with E-state index in [1.807, 2.05) is 6.08 Å². The average Bonchev–Trinajstić information content (AvgIpc) is 2.89. The maximum Gasteiger partial charge on any atom is 0.0505 e. The first-order chi connectivity index (χ1) is 11.3. The van der Waals surface area contributed by atoms with Crippen LogP contribution < -0.4 is 0 Å². The van der Waals surface area contributed by atoms with Gasteiger partial charge < -0.3 is 4.57 Å². The van der Waals surface area contributed by atoms with Gasteiger partial charge in [-0.1, -0.05) is 61.2 Å². The summed E-state index contributed by atoms with van der Waals surface area (Å²) < 4.78 is 3.67. The molecule has 4 aromatic rings. The summed E-state index contributed by atoms with van der Waals surface area (Å²) in [6.07, 6.45) is 1.94. The Balaban J connectivity index is 2.00. The van der Waals surface area contributed by atoms with Gasteiger partial charge in [0, 0.05) is 26.4 Å². The number of para-hydroxylation sites is 1. The van der Waals surface area contributed by atoms with Crippen LogP contribution in [0.3, 0.4) is 0 Å². The average molecular weight is 409 g/mol. The smallest absolute Gasteiger partial charge is 0.0505 e. The fraction of sp³-hybridized carbons (Fsp3) is 0.0476. The van der Waals surface area contributed by atoms with Crippen LogP contribution in [0.1, 0.15) is 11.1 Å². The van der Waals surface area contributed by atoms with E-state index >= 15 is 0 Å². The Kier molecular flexibility index (Phi) is 3.69. The van der Waals surface area contributed by atoms with Gasteiger partial charge in [0.1, 0.15) is 0 Å². The quantitative estimate of drug-likeness (QED) is 0.361. The molecule has 0 bridgehead atoms. The van der Waals surface area contributed by atoms with Crippen LogP contribution >= 0.6 is 22.6 Å². The molecular formula is C21H16IN. The summed E-state index contributed by atoms with van der Waals surface area (Å²) in [6.45, 7) is 4.80. The van der Waals surface area contributed by atoms with Gasteiger partial charge in [0.25, 0.3) is 0 Å². The molecule has 0 aliphatic carbocycles. The van der Waals surface area contributed by atoms with Crippen LogP contribution in [0.2, 0.25) is 0 Å². The second-order valence-electron chi connectivity index (χ2n) is 5.67. The van der Waals surface area contributed by atoms with Crippen LogP contribution in [0, 0.1) is 3.57 Å². The number of hydrogen-bond donors (Lipinski definition) is 0. The zero-order valence-corrected chi connectivity index (χ0v) is 14.8. The lowest BCUT2D eigenvalue weighted by Gasteiger charge is -2.10. The fourth-order valence-corrected chi connectivity index (χ4v) is 3.72. The molecule has 0 spiro atoms. The maximum atomic E-state index is 3.95. The number of rotatable bonds is 3. The summed E-state index contributed by atoms with van der Waals surface area (Å²) in [5.41, 5.74) is 5.06. The van der Waals surface area contributed by atoms with E-state index in [2.05, 4.69) is 100 Å². The first-order valence-corrected chi connectivity index (χ1v) is 8.72. The van der Waals surface area contributed by atoms with Crippen molar-refractivity contribution < 1.29 is 0 Å². The fourth-order valence-electron chi connectivity index (χ4n) is 3.24. The SMILES string of the molecule is C=Cc1ccccc1Cn1c2ccccc2c2ccc(I)cc21. The van der Waals surface area contributed by atoms with Crippen LogP contribution in [-0.2, 0) is 6.54 Å². The van der Waals surface area contributed by atoms with Gasteiger partial charge in [-0.15, -0.1) is 0 Å². The topological polar surface area (TPSA) is 4.93 Å². The Morgan fingerprint density at radius 1 is 0.870 bits per heavy atom. The number of benzene rings is 3. The Morgan fingerprint density at radius 2 is 1.61 bits per heavy atom. The highest BCUT2D eigenvalue weighted by atomic mass is 127. The van der Waals surface area contributed by atoms with Crippen LogP contribution in [0.4, 0.5) is 0 Å². The lowest BCUT2D eigenvalue weighted by atomic mass is 10.1. The van der Waals surface area contributed by atoms with Crippen molar-refractivity contribution >= 4 is 50.5 Å². The summed E-state index contributed by atoms with van der Waals surface area (Å²) in [5, 5.41) is 2.63. The molecule has 0 saturated carbocycles. The number of fused-ring (bicyclic) bond motifs is 3. The van der Waals surface area contributed by atoms with Crippen molar-refractivity contribution in [2.75, 3.05) is 0 Å². The standard InChI is InChI=1S/C21H16IN/c1-2-15-7-3-4-8-16(15)14-23-20-10-6-5-9-18(20)19-12-11-17(22)13-21(19)23/h2-13H,1,14H2. The normalized spacial score (nSPS) is 11.2. The number of aromatic nitrogens is 1. The minimum Gasteiger partial charge on any atom is -0.336 e. The van der Waals surface area contributed by atoms with Crippen molar-refractivity contribution in [1.82, 2.24) is 4.57 Å². The summed E-state index contributed by atoms with van der Waals surface area (Å²) >= 11 is 2.38. The van der Waals surface area contributed by atoms with Gasteiger partial charge in [-0.3, -0.25) is 0 Å². The van der Waals surface area contributed by atoms with Crippen LogP contribution in [0.5, 0.6) is 0 Å². The second kappa shape index (κ2) is 5.85. The predicted octanol–water partition coefficient (Wildman–Crippen LogP) is 6.09. The van der Waals surface area contributed by atoms with Crippen LogP contribution in [0.15, 0.2) is 73.3 Å². The second-order valence-corrected chi connectivity index (χ2v) is 6.91. The third kappa shape index (κ3) is 2.47. The van der Waals surface area contributed by atoms with E-state index in [1.165, 1.54) is 36.5 Å². The molecule has 0 aliphatic rings. The molecular weight excluding hydrogens is 393 g/mol. The molecule has 4 rings (SSSR count). The molecule has 0 aliphatic heterocycles. The van der Waals surface area contributed by atoms with Crippen molar-refractivity contribution in [1.29, 1.82) is 0 Å². The molecule has 0 atom stereocenters. The maximum absolute atomic E-state index is 3.95. The third-order valence-corrected chi connectivity index (χ3v) is 5.01. The summed E-state index contributed by atoms with van der Waals surface area (Å²) in [7, 11) is 0. The van der Waals surface area contributed by atoms with Crippen molar-refractivity contribution in [3.8, 4) is 0 Å². The minimum absolute atomic E-state index is 0.853. The monoisotopic (exact) mass is 409 g/mol. The zero-order chi connectivity index (χ0) is 15.8. The molecule has 1 aromatic heterocycles. The van der Waals surface area contributed by atoms with E-state index in [1.54, 1.807) is 0 Å². The highest BCUT2D eigenvalue weighted by Crippen LogP contribution is 2.31. The molecule has 23 heavy (non-hydrogen) atoms. The summed E-state index contributed by atoms with van der Waals surface area (Å²) in [4.78, 5) is 0. The van der Waals surface area contributed by atoms with Gasteiger partial charge >= 0.3 is 0 Å². The highest BCUT2D eigenvalue weighted by Gasteiger charge is 2.11. The Morgan fingerprint density at radius 3 is 2.48 bits per heavy atom. The summed E-state index contributed by atoms with van der Waals surface area (Å²) in [5.74, 6) is 0. The van der Waals surface area contributed by atoms with E-state index in [4.69, 9.17) is 0 Å². The van der Waals surface area contributed by atoms with E-state index in [-0.39, 0.29) is 0 Å². The third-order valence-electron chi connectivity index (χ3n) is 4.34. The lowest BCUT2D eigenvalue weighted by Crippen LogP contribution is -2.01. The van der Waals surface area contributed by atoms with Gasteiger partial charge in [0.2, 0.25) is 0 Å². The van der Waals surface area contributed by atoms with Crippen molar-refractivity contribution in [3.05, 3.63) is 88.0 Å². The largest absolute Gasteiger partial charge is 0.336 e. The molecule has 0 unspecified atom stereocenters. The Bertz CT molecular complexity index is 1030. The van der Waals surface area contributed by atoms with Crippen LogP contribution in [0.25, 0.3) is 27.9 Å². The van der Waals surface area contributed by atoms with Crippen molar-refractivity contribution in [2.24, 2.45) is 0 Å². The molecule has 1 heterocycles. The molecule has 1 nitrogen and oxygen atoms in total. The molecule has 0 amide bonds. The van der Waals surface area contributed by atoms with Gasteiger partial charge in [-0.25, -0.2) is 0 Å². The molecule has 2 heteroatoms. The van der Waals surface area contributed by atoms with Gasteiger partial charge in [0.15, 0.2) is 0 Å². The molecule has 112 valence electrons.